The van der Waals surface area contributed by atoms with Crippen molar-refractivity contribution in [2.24, 2.45) is 0 Å². The molecule has 0 amide bonds. The minimum Gasteiger partial charge on any atom is -0.456 e. The van der Waals surface area contributed by atoms with Gasteiger partial charge in [0.1, 0.15) is 22.3 Å². The summed E-state index contributed by atoms with van der Waals surface area (Å²) in [5, 5.41) is 14.3. The van der Waals surface area contributed by atoms with Gasteiger partial charge in [0, 0.05) is 117 Å². The predicted octanol–water partition coefficient (Wildman–Crippen LogP) is 28.4. The number of para-hydroxylation sites is 6. The quantitative estimate of drug-likeness (QED) is 0.137. The Morgan fingerprint density at radius 2 is 0.509 bits per heavy atom. The topological polar surface area (TPSA) is 71.8 Å². The largest absolute Gasteiger partial charge is 0.456 e. The fourth-order valence-electron chi connectivity index (χ4n) is 17.9. The van der Waals surface area contributed by atoms with E-state index in [1.54, 1.807) is 0 Å². The Balaban J connectivity index is 0.000000135. The van der Waals surface area contributed by atoms with Crippen LogP contribution in [0.2, 0.25) is 0 Å². The van der Waals surface area contributed by atoms with E-state index in [0.29, 0.717) is 0 Å². The minimum absolute atomic E-state index is 0.900. The molecule has 8 aromatic heterocycles. The molecule has 8 heterocycles. The Hall–Kier alpha value is -15.4. The number of fused-ring (bicyclic) bond motifs is 18. The molecule has 24 rings (SSSR count). The number of hydrogen-bond donors (Lipinski definition) is 0. The summed E-state index contributed by atoms with van der Waals surface area (Å²) in [6, 6.07) is 137. The fourth-order valence-corrected chi connectivity index (χ4v) is 17.9. The van der Waals surface area contributed by atoms with Gasteiger partial charge >= 0.3 is 0 Å². The molecule has 0 aliphatic heterocycles. The average Bonchev–Trinajstić information content (AvgIpc) is 1.59. The third-order valence-corrected chi connectivity index (χ3v) is 23.1. The molecule has 0 bridgehead atoms. The number of nitrogens with zero attached hydrogens (tertiary/aromatic N) is 6. The van der Waals surface area contributed by atoms with E-state index in [9.17, 15) is 0 Å². The molecular weight excluding hydrogens is 1390 g/mol. The smallest absolute Gasteiger partial charge is 0.135 e. The molecule has 8 nitrogen and oxygen atoms in total. The Bertz CT molecular complexity index is 7390. The Morgan fingerprint density at radius 1 is 0.175 bits per heavy atom. The second-order valence-electron chi connectivity index (χ2n) is 29.6. The van der Waals surface area contributed by atoms with Gasteiger partial charge in [0.25, 0.3) is 0 Å². The molecular formula is C106H66N6O2. The van der Waals surface area contributed by atoms with Crippen LogP contribution in [-0.4, -0.2) is 28.2 Å². The highest BCUT2D eigenvalue weighted by Gasteiger charge is 2.23. The van der Waals surface area contributed by atoms with Crippen molar-refractivity contribution in [2.75, 3.05) is 0 Å². The maximum Gasteiger partial charge on any atom is 0.135 e. The van der Waals surface area contributed by atoms with Gasteiger partial charge in [-0.25, -0.2) is 0 Å². The monoisotopic (exact) mass is 1450 g/mol. The first-order chi connectivity index (χ1) is 56.5. The number of rotatable bonds is 10. The molecule has 0 unspecified atom stereocenters. The normalized spacial score (nSPS) is 11.9. The Morgan fingerprint density at radius 3 is 0.912 bits per heavy atom. The molecule has 0 atom stereocenters. The molecule has 0 radical (unpaired) electrons. The van der Waals surface area contributed by atoms with Gasteiger partial charge in [-0.3, -0.25) is 9.97 Å². The van der Waals surface area contributed by atoms with Crippen molar-refractivity contribution in [2.45, 2.75) is 0 Å². The van der Waals surface area contributed by atoms with Gasteiger partial charge in [-0.15, -0.1) is 0 Å². The first kappa shape index (κ1) is 64.6. The summed E-state index contributed by atoms with van der Waals surface area (Å²) >= 11 is 0. The molecule has 0 spiro atoms. The summed E-state index contributed by atoms with van der Waals surface area (Å²) in [5.74, 6) is 0. The van der Waals surface area contributed by atoms with Crippen molar-refractivity contribution in [3.63, 3.8) is 0 Å². The Kier molecular flexibility index (Phi) is 14.8. The maximum absolute atomic E-state index is 6.18. The standard InChI is InChI=1S/2C53H33N3O/c1-2-12-34(13-3-1)37-28-38(47-17-10-11-27-54-47)30-40(29-37)56-49-19-8-5-15-42(49)45-32-36(22-25-51(45)56)35-21-24-50-44(31-35)41-14-4-7-18-48(41)55(50)39-23-26-53-46(33-39)43-16-6-9-20-52(43)57-53;1-2-11-34(12-3-1)38-27-39(37-13-10-26-54-33-37)29-41(28-38)56-49-18-8-5-15-43(49)46-31-36(21-24-51(46)56)35-20-23-50-45(30-35)42-14-4-7-17-48(42)55(50)40-22-25-53-47(32-40)44-16-6-9-19-52(44)57-53/h2*1-33H. The van der Waals surface area contributed by atoms with Crippen LogP contribution in [0.4, 0.5) is 0 Å². The van der Waals surface area contributed by atoms with E-state index in [-0.39, 0.29) is 0 Å². The molecule has 0 saturated carbocycles. The fraction of sp³-hybridized carbons (Fsp3) is 0. The highest BCUT2D eigenvalue weighted by atomic mass is 16.3. The highest BCUT2D eigenvalue weighted by molar-refractivity contribution is 6.16. The zero-order chi connectivity index (χ0) is 74.9. The number of furan rings is 2. The van der Waals surface area contributed by atoms with E-state index in [4.69, 9.17) is 13.8 Å². The summed E-state index contributed by atoms with van der Waals surface area (Å²) in [4.78, 5) is 9.19. The summed E-state index contributed by atoms with van der Waals surface area (Å²) < 4.78 is 22.0. The third-order valence-electron chi connectivity index (χ3n) is 23.1. The zero-order valence-electron chi connectivity index (χ0n) is 61.6. The third kappa shape index (κ3) is 10.6. The van der Waals surface area contributed by atoms with Crippen molar-refractivity contribution in [1.29, 1.82) is 0 Å². The first-order valence-corrected chi connectivity index (χ1v) is 38.7. The van der Waals surface area contributed by atoms with Crippen molar-refractivity contribution in [3.05, 3.63) is 401 Å². The molecule has 0 saturated heterocycles. The molecule has 24 aromatic rings. The predicted molar refractivity (Wildman–Crippen MR) is 473 cm³/mol. The summed E-state index contributed by atoms with van der Waals surface area (Å²) in [6.07, 6.45) is 5.64. The van der Waals surface area contributed by atoms with Gasteiger partial charge in [0.15, 0.2) is 0 Å². The summed E-state index contributed by atoms with van der Waals surface area (Å²) in [7, 11) is 0. The molecule has 114 heavy (non-hydrogen) atoms. The van der Waals surface area contributed by atoms with Crippen LogP contribution in [0, 0.1) is 0 Å². The van der Waals surface area contributed by atoms with Gasteiger partial charge in [0.2, 0.25) is 0 Å². The lowest BCUT2D eigenvalue weighted by atomic mass is 9.98. The number of aromatic nitrogens is 6. The molecule has 16 aromatic carbocycles. The lowest BCUT2D eigenvalue weighted by molar-refractivity contribution is 0.668. The van der Waals surface area contributed by atoms with Crippen LogP contribution in [-0.2, 0) is 0 Å². The van der Waals surface area contributed by atoms with E-state index in [1.807, 2.05) is 55.0 Å². The highest BCUT2D eigenvalue weighted by Crippen LogP contribution is 2.45. The van der Waals surface area contributed by atoms with E-state index < -0.39 is 0 Å². The lowest BCUT2D eigenvalue weighted by Crippen LogP contribution is -1.96. The molecule has 532 valence electrons. The lowest BCUT2D eigenvalue weighted by Gasteiger charge is -2.14. The molecule has 0 fully saturated rings. The summed E-state index contributed by atoms with van der Waals surface area (Å²) in [6.45, 7) is 0. The first-order valence-electron chi connectivity index (χ1n) is 38.7. The van der Waals surface area contributed by atoms with Gasteiger partial charge in [-0.2, -0.15) is 0 Å². The van der Waals surface area contributed by atoms with E-state index >= 15 is 0 Å². The van der Waals surface area contributed by atoms with E-state index in [0.717, 1.165) is 100 Å². The van der Waals surface area contributed by atoms with Crippen LogP contribution in [0.15, 0.2) is 410 Å². The second-order valence-corrected chi connectivity index (χ2v) is 29.6. The molecule has 0 N–H and O–H groups in total. The zero-order valence-corrected chi connectivity index (χ0v) is 61.6. The molecule has 0 aliphatic rings. The van der Waals surface area contributed by atoms with Crippen LogP contribution in [0.1, 0.15) is 0 Å². The van der Waals surface area contributed by atoms with E-state index in [2.05, 4.69) is 369 Å². The van der Waals surface area contributed by atoms with Crippen molar-refractivity contribution in [3.8, 4) is 89.6 Å². The van der Waals surface area contributed by atoms with Gasteiger partial charge in [-0.05, 0) is 226 Å². The molecule has 0 aliphatic carbocycles. The van der Waals surface area contributed by atoms with Crippen LogP contribution in [0.3, 0.4) is 0 Å². The van der Waals surface area contributed by atoms with Crippen LogP contribution in [0.5, 0.6) is 0 Å². The van der Waals surface area contributed by atoms with E-state index in [1.165, 1.54) is 121 Å². The maximum atomic E-state index is 6.18. The SMILES string of the molecule is c1ccc(-c2cc(-c3ccccn3)cc(-n3c4ccccc4c4cc(-c5ccc6c(c5)c5ccccc5n6-c5ccc6oc7ccccc7c6c5)ccc43)c2)cc1.c1ccc(-c2cc(-c3cccnc3)cc(-n3c4ccccc4c4cc(-c5ccc6c(c5)c5ccccc5n6-c5ccc6oc7ccccc7c6c5)ccc43)c2)cc1. The average molecular weight is 1460 g/mol. The van der Waals surface area contributed by atoms with Gasteiger partial charge in [0.05, 0.1) is 49.8 Å². The molecule has 8 heteroatoms. The van der Waals surface area contributed by atoms with Gasteiger partial charge in [-0.1, -0.05) is 206 Å². The van der Waals surface area contributed by atoms with Crippen LogP contribution < -0.4 is 0 Å². The van der Waals surface area contributed by atoms with Crippen molar-refractivity contribution < 1.29 is 8.83 Å². The van der Waals surface area contributed by atoms with Crippen molar-refractivity contribution >= 4 is 131 Å². The summed E-state index contributed by atoms with van der Waals surface area (Å²) in [5.41, 5.74) is 31.1. The second kappa shape index (κ2) is 26.2. The number of pyridine rings is 2. The Labute approximate surface area is 654 Å². The number of benzene rings is 16. The van der Waals surface area contributed by atoms with Gasteiger partial charge < -0.3 is 27.1 Å². The number of hydrogen-bond acceptors (Lipinski definition) is 4. The van der Waals surface area contributed by atoms with Crippen molar-refractivity contribution in [1.82, 2.24) is 28.2 Å². The van der Waals surface area contributed by atoms with Crippen LogP contribution >= 0.6 is 0 Å². The van der Waals surface area contributed by atoms with Crippen LogP contribution in [0.25, 0.3) is 221 Å². The minimum atomic E-state index is 0.900.